The highest BCUT2D eigenvalue weighted by Crippen LogP contribution is 2.35. The Morgan fingerprint density at radius 1 is 1.00 bits per heavy atom. The van der Waals surface area contributed by atoms with Crippen molar-refractivity contribution in [3.8, 4) is 11.8 Å². The van der Waals surface area contributed by atoms with Crippen LogP contribution < -0.4 is 10.6 Å². The van der Waals surface area contributed by atoms with E-state index in [0.717, 1.165) is 29.1 Å². The second-order valence-electron chi connectivity index (χ2n) is 10.4. The van der Waals surface area contributed by atoms with Crippen molar-refractivity contribution in [2.24, 2.45) is 5.92 Å². The zero-order chi connectivity index (χ0) is 26.0. The predicted octanol–water partition coefficient (Wildman–Crippen LogP) is 6.73. The topological polar surface area (TPSA) is 70.1 Å². The normalized spacial score (nSPS) is 15.4. The molecule has 3 aromatic rings. The molecule has 2 N–H and O–H groups in total. The Morgan fingerprint density at radius 3 is 2.43 bits per heavy atom. The molecule has 1 aliphatic rings. The minimum atomic E-state index is -0.321. The van der Waals surface area contributed by atoms with Gasteiger partial charge in [-0.05, 0) is 80.6 Å². The molecular formula is C31H39N5O. The van der Waals surface area contributed by atoms with E-state index >= 15 is 0 Å². The number of benzene rings is 2. The third-order valence-electron chi connectivity index (χ3n) is 7.34. The molecule has 4 rings (SSSR count). The molecule has 6 nitrogen and oxygen atoms in total. The lowest BCUT2D eigenvalue weighted by Gasteiger charge is -2.26. The quantitative estimate of drug-likeness (QED) is 0.354. The summed E-state index contributed by atoms with van der Waals surface area (Å²) >= 11 is 0. The molecule has 2 aromatic carbocycles. The fraction of sp³-hybridized carbons (Fsp3) is 0.452. The molecule has 1 atom stereocenters. The average molecular weight is 498 g/mol. The van der Waals surface area contributed by atoms with E-state index in [1.807, 2.05) is 37.2 Å². The van der Waals surface area contributed by atoms with Crippen LogP contribution in [0.4, 0.5) is 17.2 Å². The summed E-state index contributed by atoms with van der Waals surface area (Å²) in [4.78, 5) is 23.2. The van der Waals surface area contributed by atoms with Gasteiger partial charge in [0.1, 0.15) is 12.1 Å². The van der Waals surface area contributed by atoms with Crippen LogP contribution in [0.5, 0.6) is 0 Å². The molecule has 1 saturated carbocycles. The molecule has 0 saturated heterocycles. The number of carbonyl (C=O) groups excluding carboxylic acids is 1. The summed E-state index contributed by atoms with van der Waals surface area (Å²) in [5.41, 5.74) is 3.86. The molecule has 0 aliphatic heterocycles. The molecule has 1 aliphatic carbocycles. The van der Waals surface area contributed by atoms with Gasteiger partial charge in [-0.3, -0.25) is 4.79 Å². The number of amides is 1. The van der Waals surface area contributed by atoms with Crippen molar-refractivity contribution in [1.29, 1.82) is 0 Å². The van der Waals surface area contributed by atoms with Crippen LogP contribution in [-0.2, 0) is 4.79 Å². The summed E-state index contributed by atoms with van der Waals surface area (Å²) in [6, 6.07) is 14.4. The van der Waals surface area contributed by atoms with Gasteiger partial charge in [-0.2, -0.15) is 0 Å². The van der Waals surface area contributed by atoms with Crippen LogP contribution >= 0.6 is 0 Å². The first-order valence-electron chi connectivity index (χ1n) is 13.6. The lowest BCUT2D eigenvalue weighted by Crippen LogP contribution is -2.12. The smallest absolute Gasteiger partial charge is 0.300 e. The van der Waals surface area contributed by atoms with Gasteiger partial charge in [0.2, 0.25) is 0 Å². The zero-order valence-electron chi connectivity index (χ0n) is 22.4. The van der Waals surface area contributed by atoms with Gasteiger partial charge >= 0.3 is 0 Å². The first-order valence-corrected chi connectivity index (χ1v) is 13.6. The van der Waals surface area contributed by atoms with Crippen LogP contribution in [-0.4, -0.2) is 41.4 Å². The Balaban J connectivity index is 1.44. The van der Waals surface area contributed by atoms with Gasteiger partial charge in [-0.25, -0.2) is 9.97 Å². The largest absolute Gasteiger partial charge is 0.340 e. The van der Waals surface area contributed by atoms with Crippen LogP contribution in [0.3, 0.4) is 0 Å². The molecular weight excluding hydrogens is 458 g/mol. The minimum absolute atomic E-state index is 0.321. The number of nitrogens with zero attached hydrogens (tertiary/aromatic N) is 3. The van der Waals surface area contributed by atoms with E-state index < -0.39 is 0 Å². The van der Waals surface area contributed by atoms with Gasteiger partial charge in [0.25, 0.3) is 5.91 Å². The monoisotopic (exact) mass is 497 g/mol. The molecule has 1 heterocycles. The van der Waals surface area contributed by atoms with Gasteiger partial charge in [-0.1, -0.05) is 57.1 Å². The number of anilines is 3. The Morgan fingerprint density at radius 2 is 1.70 bits per heavy atom. The molecule has 1 aromatic heterocycles. The van der Waals surface area contributed by atoms with Crippen molar-refractivity contribution in [1.82, 2.24) is 14.9 Å². The van der Waals surface area contributed by atoms with E-state index in [1.165, 1.54) is 50.5 Å². The van der Waals surface area contributed by atoms with Crippen molar-refractivity contribution in [2.45, 2.75) is 64.2 Å². The van der Waals surface area contributed by atoms with Crippen LogP contribution in [0.1, 0.15) is 69.8 Å². The van der Waals surface area contributed by atoms with E-state index in [4.69, 9.17) is 0 Å². The number of aromatic nitrogens is 2. The highest BCUT2D eigenvalue weighted by atomic mass is 16.1. The maximum absolute atomic E-state index is 12.3. The lowest BCUT2D eigenvalue weighted by atomic mass is 9.79. The third kappa shape index (κ3) is 7.77. The SMILES string of the molecule is CC(c1ccc(Nc2ncnc3ccc(NC(=O)C#CCCN(C)C)cc23)cc1)C1CCCCCCC1. The predicted molar refractivity (Wildman–Crippen MR) is 153 cm³/mol. The van der Waals surface area contributed by atoms with Crippen LogP contribution in [0.2, 0.25) is 0 Å². The van der Waals surface area contributed by atoms with Gasteiger partial charge in [0, 0.05) is 29.7 Å². The number of hydrogen-bond acceptors (Lipinski definition) is 5. The van der Waals surface area contributed by atoms with Gasteiger partial charge < -0.3 is 15.5 Å². The van der Waals surface area contributed by atoms with Crippen LogP contribution in [0.25, 0.3) is 10.9 Å². The summed E-state index contributed by atoms with van der Waals surface area (Å²) in [6.07, 6.45) is 11.8. The lowest BCUT2D eigenvalue weighted by molar-refractivity contribution is -0.111. The molecule has 0 spiro atoms. The van der Waals surface area contributed by atoms with Crippen molar-refractivity contribution < 1.29 is 4.79 Å². The van der Waals surface area contributed by atoms with E-state index in [1.54, 1.807) is 6.33 Å². The maximum atomic E-state index is 12.3. The standard InChI is InChI=1S/C31H39N5O/c1-23(24-11-7-5-4-6-8-12-24)25-14-16-26(17-15-25)35-31-28-21-27(18-19-29(28)32-22-33-31)34-30(37)13-9-10-20-36(2)3/h14-19,21-24H,4-8,10-12,20H2,1-3H3,(H,34,37)(H,32,33,35). The Hall–Kier alpha value is -3.43. The Labute approximate surface area is 221 Å². The maximum Gasteiger partial charge on any atom is 0.300 e. The first kappa shape index (κ1) is 26.6. The molecule has 1 amide bonds. The number of fused-ring (bicyclic) bond motifs is 1. The summed E-state index contributed by atoms with van der Waals surface area (Å²) < 4.78 is 0. The van der Waals surface area contributed by atoms with Crippen molar-refractivity contribution >= 4 is 34.0 Å². The van der Waals surface area contributed by atoms with Gasteiger partial charge in [-0.15, -0.1) is 0 Å². The minimum Gasteiger partial charge on any atom is -0.340 e. The van der Waals surface area contributed by atoms with Gasteiger partial charge in [0.05, 0.1) is 5.52 Å². The second-order valence-corrected chi connectivity index (χ2v) is 10.4. The van der Waals surface area contributed by atoms with E-state index in [9.17, 15) is 4.79 Å². The summed E-state index contributed by atoms with van der Waals surface area (Å²) in [5, 5.41) is 7.15. The Bertz CT molecular complexity index is 1230. The molecule has 1 unspecified atom stereocenters. The molecule has 37 heavy (non-hydrogen) atoms. The zero-order valence-corrected chi connectivity index (χ0v) is 22.4. The molecule has 1 fully saturated rings. The second kappa shape index (κ2) is 13.2. The number of nitrogens with one attached hydrogen (secondary N) is 2. The summed E-state index contributed by atoms with van der Waals surface area (Å²) in [7, 11) is 3.97. The fourth-order valence-electron chi connectivity index (χ4n) is 5.09. The molecule has 6 heteroatoms. The van der Waals surface area contributed by atoms with Crippen LogP contribution in [0.15, 0.2) is 48.8 Å². The number of carbonyl (C=O) groups is 1. The van der Waals surface area contributed by atoms with E-state index in [-0.39, 0.29) is 5.91 Å². The molecule has 194 valence electrons. The average Bonchev–Trinajstić information content (AvgIpc) is 2.87. The first-order chi connectivity index (χ1) is 18.0. The Kier molecular flexibility index (Phi) is 9.51. The van der Waals surface area contributed by atoms with Gasteiger partial charge in [0.15, 0.2) is 0 Å². The summed E-state index contributed by atoms with van der Waals surface area (Å²) in [6.45, 7) is 3.21. The van der Waals surface area contributed by atoms with Crippen LogP contribution in [0, 0.1) is 17.8 Å². The van der Waals surface area contributed by atoms with Crippen molar-refractivity contribution in [2.75, 3.05) is 31.3 Å². The molecule has 0 bridgehead atoms. The highest BCUT2D eigenvalue weighted by Gasteiger charge is 2.20. The van der Waals surface area contributed by atoms with E-state index in [2.05, 4.69) is 63.6 Å². The fourth-order valence-corrected chi connectivity index (χ4v) is 5.09. The number of rotatable bonds is 7. The summed E-state index contributed by atoms with van der Waals surface area (Å²) in [5.74, 6) is 7.31. The highest BCUT2D eigenvalue weighted by molar-refractivity contribution is 6.05. The molecule has 0 radical (unpaired) electrons. The van der Waals surface area contributed by atoms with Crippen molar-refractivity contribution in [3.63, 3.8) is 0 Å². The third-order valence-corrected chi connectivity index (χ3v) is 7.34. The van der Waals surface area contributed by atoms with Crippen molar-refractivity contribution in [3.05, 3.63) is 54.4 Å². The number of hydrogen-bond donors (Lipinski definition) is 2. The van der Waals surface area contributed by atoms with E-state index in [0.29, 0.717) is 23.8 Å².